The maximum atomic E-state index is 6.41. The average molecular weight is 267 g/mol. The molecule has 0 bridgehead atoms. The second-order valence-electron chi connectivity index (χ2n) is 5.76. The van der Waals surface area contributed by atoms with E-state index < -0.39 is 0 Å². The molecule has 0 radical (unpaired) electrons. The summed E-state index contributed by atoms with van der Waals surface area (Å²) < 4.78 is 6.15. The molecule has 0 spiro atoms. The third-order valence-electron chi connectivity index (χ3n) is 4.15. The van der Waals surface area contributed by atoms with Gasteiger partial charge in [0.1, 0.15) is 11.9 Å². The van der Waals surface area contributed by atoms with E-state index in [9.17, 15) is 0 Å². The first-order valence-electron chi connectivity index (χ1n) is 7.23. The van der Waals surface area contributed by atoms with E-state index in [1.54, 1.807) is 0 Å². The van der Waals surface area contributed by atoms with Crippen molar-refractivity contribution in [3.63, 3.8) is 0 Å². The maximum absolute atomic E-state index is 6.41. The third kappa shape index (κ3) is 2.44. The SMILES string of the molecule is Cc1cccc(OC2CC(C)c3ccccc3C2N)c1. The highest BCUT2D eigenvalue weighted by molar-refractivity contribution is 5.37. The maximum Gasteiger partial charge on any atom is 0.120 e. The largest absolute Gasteiger partial charge is 0.488 e. The molecule has 0 aliphatic heterocycles. The van der Waals surface area contributed by atoms with Crippen molar-refractivity contribution in [2.75, 3.05) is 0 Å². The molecule has 0 aromatic heterocycles. The standard InChI is InChI=1S/C18H21NO/c1-12-6-5-7-14(10-12)20-17-11-13(2)15-8-3-4-9-16(15)18(17)19/h3-10,13,17-18H,11,19H2,1-2H3. The van der Waals surface area contributed by atoms with Gasteiger partial charge in [0.25, 0.3) is 0 Å². The molecule has 3 rings (SSSR count). The van der Waals surface area contributed by atoms with Crippen LogP contribution in [0.1, 0.15) is 42.0 Å². The fourth-order valence-electron chi connectivity index (χ4n) is 3.07. The Balaban J connectivity index is 1.86. The highest BCUT2D eigenvalue weighted by Gasteiger charge is 2.32. The molecule has 0 saturated carbocycles. The average Bonchev–Trinajstić information content (AvgIpc) is 2.45. The Morgan fingerprint density at radius 2 is 1.80 bits per heavy atom. The number of rotatable bonds is 2. The van der Waals surface area contributed by atoms with Gasteiger partial charge in [-0.1, -0.05) is 43.3 Å². The summed E-state index contributed by atoms with van der Waals surface area (Å²) in [4.78, 5) is 0. The number of hydrogen-bond acceptors (Lipinski definition) is 2. The second-order valence-corrected chi connectivity index (χ2v) is 5.76. The second kappa shape index (κ2) is 5.29. The minimum atomic E-state index is -0.0529. The highest BCUT2D eigenvalue weighted by atomic mass is 16.5. The Hall–Kier alpha value is -1.80. The Bertz CT molecular complexity index is 608. The van der Waals surface area contributed by atoms with E-state index in [4.69, 9.17) is 10.5 Å². The van der Waals surface area contributed by atoms with Crippen LogP contribution in [0.2, 0.25) is 0 Å². The highest BCUT2D eigenvalue weighted by Crippen LogP contribution is 2.37. The van der Waals surface area contributed by atoms with Crippen LogP contribution in [0.3, 0.4) is 0 Å². The summed E-state index contributed by atoms with van der Waals surface area (Å²) in [5, 5.41) is 0. The Labute approximate surface area is 120 Å². The molecule has 2 nitrogen and oxygen atoms in total. The van der Waals surface area contributed by atoms with E-state index in [-0.39, 0.29) is 12.1 Å². The quantitative estimate of drug-likeness (QED) is 0.894. The summed E-state index contributed by atoms with van der Waals surface area (Å²) >= 11 is 0. The van der Waals surface area contributed by atoms with Crippen LogP contribution in [0, 0.1) is 6.92 Å². The number of ether oxygens (including phenoxy) is 1. The van der Waals surface area contributed by atoms with Gasteiger partial charge in [0.05, 0.1) is 6.04 Å². The lowest BCUT2D eigenvalue weighted by Crippen LogP contribution is -2.37. The van der Waals surface area contributed by atoms with E-state index in [1.807, 2.05) is 12.1 Å². The molecule has 0 heterocycles. The van der Waals surface area contributed by atoms with Gasteiger partial charge in [-0.2, -0.15) is 0 Å². The van der Waals surface area contributed by atoms with Crippen molar-refractivity contribution in [2.24, 2.45) is 5.73 Å². The van der Waals surface area contributed by atoms with Crippen molar-refractivity contribution in [1.82, 2.24) is 0 Å². The van der Waals surface area contributed by atoms with E-state index >= 15 is 0 Å². The molecule has 2 aromatic carbocycles. The van der Waals surface area contributed by atoms with Gasteiger partial charge in [-0.25, -0.2) is 0 Å². The topological polar surface area (TPSA) is 35.2 Å². The van der Waals surface area contributed by atoms with Crippen LogP contribution < -0.4 is 10.5 Å². The van der Waals surface area contributed by atoms with Crippen molar-refractivity contribution in [3.05, 3.63) is 65.2 Å². The zero-order valence-corrected chi connectivity index (χ0v) is 12.0. The molecule has 1 aliphatic carbocycles. The number of hydrogen-bond donors (Lipinski definition) is 1. The van der Waals surface area contributed by atoms with Gasteiger partial charge in [-0.05, 0) is 48.1 Å². The van der Waals surface area contributed by atoms with Crippen molar-refractivity contribution >= 4 is 0 Å². The predicted octanol–water partition coefficient (Wildman–Crippen LogP) is 3.95. The van der Waals surface area contributed by atoms with E-state index in [2.05, 4.69) is 50.2 Å². The molecule has 0 saturated heterocycles. The monoisotopic (exact) mass is 267 g/mol. The van der Waals surface area contributed by atoms with Crippen LogP contribution in [0.15, 0.2) is 48.5 Å². The van der Waals surface area contributed by atoms with Gasteiger partial charge in [0.15, 0.2) is 0 Å². The molecule has 2 aromatic rings. The molecular formula is C18H21NO. The van der Waals surface area contributed by atoms with Crippen LogP contribution in [-0.2, 0) is 0 Å². The Kier molecular flexibility index (Phi) is 3.49. The smallest absolute Gasteiger partial charge is 0.120 e. The molecule has 3 atom stereocenters. The van der Waals surface area contributed by atoms with Gasteiger partial charge in [0.2, 0.25) is 0 Å². The molecule has 0 fully saturated rings. The minimum absolute atomic E-state index is 0.0432. The van der Waals surface area contributed by atoms with E-state index in [0.29, 0.717) is 5.92 Å². The summed E-state index contributed by atoms with van der Waals surface area (Å²) in [7, 11) is 0. The van der Waals surface area contributed by atoms with Crippen LogP contribution in [0.5, 0.6) is 5.75 Å². The minimum Gasteiger partial charge on any atom is -0.488 e. The lowest BCUT2D eigenvalue weighted by molar-refractivity contribution is 0.144. The van der Waals surface area contributed by atoms with Crippen LogP contribution >= 0.6 is 0 Å². The van der Waals surface area contributed by atoms with Gasteiger partial charge in [-0.15, -0.1) is 0 Å². The van der Waals surface area contributed by atoms with Crippen molar-refractivity contribution < 1.29 is 4.74 Å². The van der Waals surface area contributed by atoms with E-state index in [0.717, 1.165) is 12.2 Å². The molecule has 3 unspecified atom stereocenters. The molecule has 20 heavy (non-hydrogen) atoms. The number of benzene rings is 2. The fraction of sp³-hybridized carbons (Fsp3) is 0.333. The summed E-state index contributed by atoms with van der Waals surface area (Å²) in [5.74, 6) is 1.40. The molecule has 0 amide bonds. The molecule has 2 N–H and O–H groups in total. The Morgan fingerprint density at radius 1 is 1.05 bits per heavy atom. The number of fused-ring (bicyclic) bond motifs is 1. The van der Waals surface area contributed by atoms with Gasteiger partial charge < -0.3 is 10.5 Å². The van der Waals surface area contributed by atoms with Crippen molar-refractivity contribution in [1.29, 1.82) is 0 Å². The molecule has 2 heteroatoms. The molecular weight excluding hydrogens is 246 g/mol. The summed E-state index contributed by atoms with van der Waals surface area (Å²) in [5.41, 5.74) is 10.2. The molecule has 104 valence electrons. The van der Waals surface area contributed by atoms with Gasteiger partial charge in [0, 0.05) is 0 Å². The zero-order valence-electron chi connectivity index (χ0n) is 12.0. The van der Waals surface area contributed by atoms with Crippen molar-refractivity contribution in [3.8, 4) is 5.75 Å². The first-order valence-corrected chi connectivity index (χ1v) is 7.23. The van der Waals surface area contributed by atoms with Gasteiger partial charge >= 0.3 is 0 Å². The first-order chi connectivity index (χ1) is 9.65. The lowest BCUT2D eigenvalue weighted by atomic mass is 9.79. The zero-order chi connectivity index (χ0) is 14.1. The third-order valence-corrected chi connectivity index (χ3v) is 4.15. The summed E-state index contributed by atoms with van der Waals surface area (Å²) in [6.45, 7) is 4.32. The molecule has 1 aliphatic rings. The normalized spacial score (nSPS) is 25.1. The first kappa shape index (κ1) is 13.2. The van der Waals surface area contributed by atoms with Crippen LogP contribution in [-0.4, -0.2) is 6.10 Å². The lowest BCUT2D eigenvalue weighted by Gasteiger charge is -2.35. The van der Waals surface area contributed by atoms with Crippen LogP contribution in [0.25, 0.3) is 0 Å². The summed E-state index contributed by atoms with van der Waals surface area (Å²) in [6.07, 6.45) is 1.01. The van der Waals surface area contributed by atoms with Gasteiger partial charge in [-0.3, -0.25) is 0 Å². The van der Waals surface area contributed by atoms with E-state index in [1.165, 1.54) is 16.7 Å². The number of nitrogens with two attached hydrogens (primary N) is 1. The predicted molar refractivity (Wildman–Crippen MR) is 82.0 cm³/mol. The fourth-order valence-corrected chi connectivity index (χ4v) is 3.07. The summed E-state index contributed by atoms with van der Waals surface area (Å²) in [6, 6.07) is 16.6. The van der Waals surface area contributed by atoms with Crippen molar-refractivity contribution in [2.45, 2.75) is 38.3 Å². The number of aryl methyl sites for hydroxylation is 1. The Morgan fingerprint density at radius 3 is 2.55 bits per heavy atom. The van der Waals surface area contributed by atoms with Crippen LogP contribution in [0.4, 0.5) is 0 Å².